The number of esters is 1. The van der Waals surface area contributed by atoms with Gasteiger partial charge >= 0.3 is 18.0 Å². The Hall–Kier alpha value is -3.35. The molecule has 3 N–H and O–H groups in total. The minimum Gasteiger partial charge on any atom is -0.478 e. The number of carboxylic acid groups (broad SMARTS) is 1. The SMILES string of the molecule is COC(=O)c1ccccc1NC(=O)NCc1ccc(C(=O)O)cc1. The number of carbonyl (C=O) groups is 3. The van der Waals surface area contributed by atoms with Crippen molar-refractivity contribution >= 4 is 23.7 Å². The van der Waals surface area contributed by atoms with E-state index in [9.17, 15) is 14.4 Å². The third kappa shape index (κ3) is 4.33. The molecule has 0 aliphatic rings. The second kappa shape index (κ2) is 7.77. The van der Waals surface area contributed by atoms with Gasteiger partial charge in [0.25, 0.3) is 0 Å². The minimum absolute atomic E-state index is 0.176. The minimum atomic E-state index is -1.01. The summed E-state index contributed by atoms with van der Waals surface area (Å²) in [6.07, 6.45) is 0. The van der Waals surface area contributed by atoms with Gasteiger partial charge in [0.1, 0.15) is 0 Å². The molecule has 0 aliphatic heterocycles. The molecule has 0 atom stereocenters. The van der Waals surface area contributed by atoms with Crippen LogP contribution in [0.25, 0.3) is 0 Å². The Morgan fingerprint density at radius 1 is 1.04 bits per heavy atom. The first kappa shape index (κ1) is 17.0. The summed E-state index contributed by atoms with van der Waals surface area (Å²) in [7, 11) is 1.26. The number of carbonyl (C=O) groups excluding carboxylic acids is 2. The van der Waals surface area contributed by atoms with Crippen molar-refractivity contribution in [3.63, 3.8) is 0 Å². The molecule has 0 aliphatic carbocycles. The van der Waals surface area contributed by atoms with E-state index in [0.717, 1.165) is 5.56 Å². The predicted octanol–water partition coefficient (Wildman–Crippen LogP) is 2.49. The smallest absolute Gasteiger partial charge is 0.339 e. The fraction of sp³-hybridized carbons (Fsp3) is 0.118. The van der Waals surface area contributed by atoms with Crippen molar-refractivity contribution in [2.24, 2.45) is 0 Å². The maximum atomic E-state index is 12.0. The summed E-state index contributed by atoms with van der Waals surface area (Å²) < 4.78 is 4.66. The van der Waals surface area contributed by atoms with Crippen LogP contribution in [0.1, 0.15) is 26.3 Å². The molecule has 2 aromatic rings. The largest absolute Gasteiger partial charge is 0.478 e. The molecule has 7 nitrogen and oxygen atoms in total. The van der Waals surface area contributed by atoms with Crippen molar-refractivity contribution in [2.75, 3.05) is 12.4 Å². The number of nitrogens with one attached hydrogen (secondary N) is 2. The fourth-order valence-corrected chi connectivity index (χ4v) is 1.99. The van der Waals surface area contributed by atoms with Crippen molar-refractivity contribution in [1.82, 2.24) is 5.32 Å². The first-order valence-electron chi connectivity index (χ1n) is 7.05. The number of methoxy groups -OCH3 is 1. The predicted molar refractivity (Wildman–Crippen MR) is 87.0 cm³/mol. The van der Waals surface area contributed by atoms with Crippen LogP contribution in [0.3, 0.4) is 0 Å². The van der Waals surface area contributed by atoms with Crippen LogP contribution in [0.15, 0.2) is 48.5 Å². The van der Waals surface area contributed by atoms with Crippen LogP contribution in [0.2, 0.25) is 0 Å². The van der Waals surface area contributed by atoms with Crippen LogP contribution in [-0.4, -0.2) is 30.2 Å². The van der Waals surface area contributed by atoms with Gasteiger partial charge in [-0.2, -0.15) is 0 Å². The van der Waals surface area contributed by atoms with Gasteiger partial charge in [-0.25, -0.2) is 14.4 Å². The van der Waals surface area contributed by atoms with Gasteiger partial charge in [-0.1, -0.05) is 24.3 Å². The molecule has 2 rings (SSSR count). The van der Waals surface area contributed by atoms with E-state index in [1.165, 1.54) is 19.2 Å². The molecule has 0 spiro atoms. The highest BCUT2D eigenvalue weighted by Gasteiger charge is 2.13. The second-order valence-corrected chi connectivity index (χ2v) is 4.85. The van der Waals surface area contributed by atoms with Crippen molar-refractivity contribution in [3.8, 4) is 0 Å². The Bertz CT molecular complexity index is 756. The number of ether oxygens (including phenoxy) is 1. The summed E-state index contributed by atoms with van der Waals surface area (Å²) in [5.74, 6) is -1.55. The lowest BCUT2D eigenvalue weighted by Gasteiger charge is -2.11. The van der Waals surface area contributed by atoms with Crippen LogP contribution < -0.4 is 10.6 Å². The van der Waals surface area contributed by atoms with Gasteiger partial charge in [-0.05, 0) is 29.8 Å². The summed E-state index contributed by atoms with van der Waals surface area (Å²) in [5, 5.41) is 14.0. The average molecular weight is 328 g/mol. The number of hydrogen-bond donors (Lipinski definition) is 3. The second-order valence-electron chi connectivity index (χ2n) is 4.85. The molecule has 2 amide bonds. The summed E-state index contributed by atoms with van der Waals surface area (Å²) >= 11 is 0. The summed E-state index contributed by atoms with van der Waals surface area (Å²) in [6, 6.07) is 12.2. The Labute approximate surface area is 138 Å². The normalized spacial score (nSPS) is 9.88. The van der Waals surface area contributed by atoms with Gasteiger partial charge in [0.05, 0.1) is 23.9 Å². The number of benzene rings is 2. The molecule has 0 saturated heterocycles. The Morgan fingerprint density at radius 2 is 1.71 bits per heavy atom. The van der Waals surface area contributed by atoms with E-state index in [1.54, 1.807) is 36.4 Å². The van der Waals surface area contributed by atoms with Crippen molar-refractivity contribution in [3.05, 3.63) is 65.2 Å². The average Bonchev–Trinajstić information content (AvgIpc) is 2.60. The van der Waals surface area contributed by atoms with Crippen LogP contribution in [0.4, 0.5) is 10.5 Å². The number of aromatic carboxylic acids is 1. The maximum Gasteiger partial charge on any atom is 0.339 e. The Balaban J connectivity index is 1.96. The van der Waals surface area contributed by atoms with E-state index in [-0.39, 0.29) is 17.7 Å². The monoisotopic (exact) mass is 328 g/mol. The summed E-state index contributed by atoms with van der Waals surface area (Å²) in [4.78, 5) is 34.4. The lowest BCUT2D eigenvalue weighted by molar-refractivity contribution is 0.0601. The van der Waals surface area contributed by atoms with E-state index in [4.69, 9.17) is 5.11 Å². The number of carboxylic acids is 1. The molecule has 24 heavy (non-hydrogen) atoms. The molecular formula is C17H16N2O5. The highest BCUT2D eigenvalue weighted by molar-refractivity contribution is 6.00. The molecular weight excluding hydrogens is 312 g/mol. The van der Waals surface area contributed by atoms with Crippen molar-refractivity contribution in [2.45, 2.75) is 6.54 Å². The maximum absolute atomic E-state index is 12.0. The zero-order chi connectivity index (χ0) is 17.5. The molecule has 0 bridgehead atoms. The molecule has 0 heterocycles. The highest BCUT2D eigenvalue weighted by atomic mass is 16.5. The zero-order valence-corrected chi connectivity index (χ0v) is 12.9. The van der Waals surface area contributed by atoms with Gasteiger partial charge in [0.15, 0.2) is 0 Å². The van der Waals surface area contributed by atoms with Gasteiger partial charge in [-0.3, -0.25) is 0 Å². The van der Waals surface area contributed by atoms with Gasteiger partial charge in [0, 0.05) is 6.54 Å². The van der Waals surface area contributed by atoms with Gasteiger partial charge in [-0.15, -0.1) is 0 Å². The number of hydrogen-bond acceptors (Lipinski definition) is 4. The highest BCUT2D eigenvalue weighted by Crippen LogP contribution is 2.15. The first-order chi connectivity index (χ1) is 11.5. The lowest BCUT2D eigenvalue weighted by Crippen LogP contribution is -2.29. The molecule has 124 valence electrons. The quantitative estimate of drug-likeness (QED) is 0.731. The Kier molecular flexibility index (Phi) is 5.51. The first-order valence-corrected chi connectivity index (χ1v) is 7.05. The van der Waals surface area contributed by atoms with E-state index >= 15 is 0 Å². The summed E-state index contributed by atoms with van der Waals surface area (Å²) in [5.41, 5.74) is 1.51. The molecule has 0 fully saturated rings. The zero-order valence-electron chi connectivity index (χ0n) is 12.9. The fourth-order valence-electron chi connectivity index (χ4n) is 1.99. The molecule has 0 radical (unpaired) electrons. The number of rotatable bonds is 5. The Morgan fingerprint density at radius 3 is 2.33 bits per heavy atom. The van der Waals surface area contributed by atoms with Crippen LogP contribution in [0.5, 0.6) is 0 Å². The van der Waals surface area contributed by atoms with Crippen LogP contribution in [0, 0.1) is 0 Å². The van der Waals surface area contributed by atoms with E-state index < -0.39 is 18.0 Å². The van der Waals surface area contributed by atoms with E-state index in [1.807, 2.05) is 0 Å². The van der Waals surface area contributed by atoms with E-state index in [2.05, 4.69) is 15.4 Å². The van der Waals surface area contributed by atoms with E-state index in [0.29, 0.717) is 5.69 Å². The van der Waals surface area contributed by atoms with Crippen LogP contribution in [-0.2, 0) is 11.3 Å². The van der Waals surface area contributed by atoms with Crippen molar-refractivity contribution in [1.29, 1.82) is 0 Å². The molecule has 7 heteroatoms. The van der Waals surface area contributed by atoms with Crippen LogP contribution >= 0.6 is 0 Å². The van der Waals surface area contributed by atoms with Gasteiger partial charge in [0.2, 0.25) is 0 Å². The summed E-state index contributed by atoms with van der Waals surface area (Å²) in [6.45, 7) is 0.214. The third-order valence-corrected chi connectivity index (χ3v) is 3.23. The lowest BCUT2D eigenvalue weighted by atomic mass is 10.1. The molecule has 2 aromatic carbocycles. The molecule has 0 aromatic heterocycles. The molecule has 0 saturated carbocycles. The standard InChI is InChI=1S/C17H16N2O5/c1-24-16(22)13-4-2-3-5-14(13)19-17(23)18-10-11-6-8-12(9-7-11)15(20)21/h2-9H,10H2,1H3,(H,20,21)(H2,18,19,23). The third-order valence-electron chi connectivity index (χ3n) is 3.23. The van der Waals surface area contributed by atoms with Crippen molar-refractivity contribution < 1.29 is 24.2 Å². The van der Waals surface area contributed by atoms with Gasteiger partial charge < -0.3 is 20.5 Å². The number of anilines is 1. The topological polar surface area (TPSA) is 105 Å². The number of amides is 2. The number of urea groups is 1. The number of para-hydroxylation sites is 1. The molecule has 0 unspecified atom stereocenters.